The first kappa shape index (κ1) is 14.1. The Labute approximate surface area is 119 Å². The normalized spacial score (nSPS) is 11.4. The van der Waals surface area contributed by atoms with Crippen molar-refractivity contribution in [3.8, 4) is 5.75 Å². The van der Waals surface area contributed by atoms with Gasteiger partial charge in [0, 0.05) is 6.54 Å². The fourth-order valence-electron chi connectivity index (χ4n) is 2.31. The number of aromatic amines is 1. The number of ether oxygens (including phenoxy) is 1. The van der Waals surface area contributed by atoms with E-state index >= 15 is 0 Å². The van der Waals surface area contributed by atoms with Crippen LogP contribution >= 0.6 is 12.2 Å². The standard InChI is InChI=1S/C15H22N2OS/c1-4-18-13-9-5-8-12-14(13)16-15(19)17(12)10-6-7-11(2)3/h5,8-9,11H,4,6-7,10H2,1-3H3,(H,16,19). The first-order valence-corrected chi connectivity index (χ1v) is 7.38. The maximum atomic E-state index is 5.64. The smallest absolute Gasteiger partial charge is 0.178 e. The molecule has 0 aliphatic heterocycles. The highest BCUT2D eigenvalue weighted by molar-refractivity contribution is 7.71. The Balaban J connectivity index is 2.31. The molecule has 0 radical (unpaired) electrons. The quantitative estimate of drug-likeness (QED) is 0.787. The summed E-state index contributed by atoms with van der Waals surface area (Å²) in [5, 5.41) is 0. The highest BCUT2D eigenvalue weighted by Gasteiger charge is 2.08. The van der Waals surface area contributed by atoms with E-state index in [0.717, 1.165) is 40.4 Å². The first-order chi connectivity index (χ1) is 9.13. The molecule has 0 bridgehead atoms. The van der Waals surface area contributed by atoms with Crippen molar-refractivity contribution in [1.82, 2.24) is 9.55 Å². The third kappa shape index (κ3) is 3.18. The topological polar surface area (TPSA) is 29.9 Å². The van der Waals surface area contributed by atoms with Gasteiger partial charge in [-0.05, 0) is 50.0 Å². The Kier molecular flexibility index (Phi) is 4.64. The molecule has 0 atom stereocenters. The monoisotopic (exact) mass is 278 g/mol. The molecule has 19 heavy (non-hydrogen) atoms. The van der Waals surface area contributed by atoms with E-state index in [0.29, 0.717) is 6.61 Å². The third-order valence-corrected chi connectivity index (χ3v) is 3.56. The minimum absolute atomic E-state index is 0.665. The molecule has 1 N–H and O–H groups in total. The van der Waals surface area contributed by atoms with Crippen molar-refractivity contribution in [2.45, 2.75) is 40.2 Å². The van der Waals surface area contributed by atoms with Crippen LogP contribution in [0, 0.1) is 10.7 Å². The zero-order chi connectivity index (χ0) is 13.8. The fraction of sp³-hybridized carbons (Fsp3) is 0.533. The SMILES string of the molecule is CCOc1cccc2c1[nH]c(=S)n2CCCC(C)C. The van der Waals surface area contributed by atoms with Crippen molar-refractivity contribution < 1.29 is 4.74 Å². The largest absolute Gasteiger partial charge is 0.492 e. The number of imidazole rings is 1. The van der Waals surface area contributed by atoms with Crippen LogP contribution in [0.4, 0.5) is 0 Å². The summed E-state index contributed by atoms with van der Waals surface area (Å²) in [6.07, 6.45) is 2.37. The Bertz CT molecular complexity index is 598. The summed E-state index contributed by atoms with van der Waals surface area (Å²) in [5.41, 5.74) is 2.15. The molecular formula is C15H22N2OS. The molecule has 0 spiro atoms. The van der Waals surface area contributed by atoms with Gasteiger partial charge in [-0.15, -0.1) is 0 Å². The number of rotatable bonds is 6. The van der Waals surface area contributed by atoms with Gasteiger partial charge >= 0.3 is 0 Å². The van der Waals surface area contributed by atoms with Gasteiger partial charge in [0.25, 0.3) is 0 Å². The molecule has 0 aliphatic rings. The fourth-order valence-corrected chi connectivity index (χ4v) is 2.60. The van der Waals surface area contributed by atoms with Crippen LogP contribution in [0.2, 0.25) is 0 Å². The predicted octanol–water partition coefficient (Wildman–Crippen LogP) is 4.53. The van der Waals surface area contributed by atoms with E-state index in [-0.39, 0.29) is 0 Å². The Morgan fingerprint density at radius 3 is 2.84 bits per heavy atom. The Morgan fingerprint density at radius 2 is 2.16 bits per heavy atom. The third-order valence-electron chi connectivity index (χ3n) is 3.24. The molecule has 1 heterocycles. The molecule has 2 aromatic rings. The summed E-state index contributed by atoms with van der Waals surface area (Å²) in [4.78, 5) is 3.27. The Hall–Kier alpha value is -1.29. The number of nitrogens with one attached hydrogen (secondary N) is 1. The molecule has 0 fully saturated rings. The average molecular weight is 278 g/mol. The van der Waals surface area contributed by atoms with Crippen molar-refractivity contribution in [3.05, 3.63) is 23.0 Å². The highest BCUT2D eigenvalue weighted by Crippen LogP contribution is 2.25. The summed E-state index contributed by atoms with van der Waals surface area (Å²) < 4.78 is 8.60. The molecule has 1 aromatic heterocycles. The van der Waals surface area contributed by atoms with Gasteiger partial charge in [0.05, 0.1) is 12.1 Å². The molecule has 0 saturated heterocycles. The van der Waals surface area contributed by atoms with Crippen LogP contribution in [0.25, 0.3) is 11.0 Å². The number of aryl methyl sites for hydroxylation is 1. The summed E-state index contributed by atoms with van der Waals surface area (Å²) in [6.45, 7) is 8.13. The number of nitrogens with zero attached hydrogens (tertiary/aromatic N) is 1. The van der Waals surface area contributed by atoms with Gasteiger partial charge in [0.2, 0.25) is 0 Å². The molecule has 0 unspecified atom stereocenters. The lowest BCUT2D eigenvalue weighted by Gasteiger charge is -2.07. The lowest BCUT2D eigenvalue weighted by Crippen LogP contribution is -2.00. The second-order valence-electron chi connectivity index (χ2n) is 5.20. The summed E-state index contributed by atoms with van der Waals surface area (Å²) in [5.74, 6) is 1.62. The van der Waals surface area contributed by atoms with Crippen LogP contribution in [0.1, 0.15) is 33.6 Å². The number of aromatic nitrogens is 2. The van der Waals surface area contributed by atoms with Crippen molar-refractivity contribution in [3.63, 3.8) is 0 Å². The van der Waals surface area contributed by atoms with Gasteiger partial charge in [0.15, 0.2) is 4.77 Å². The number of benzene rings is 1. The molecule has 1 aromatic carbocycles. The number of para-hydroxylation sites is 1. The van der Waals surface area contributed by atoms with E-state index in [1.807, 2.05) is 19.1 Å². The van der Waals surface area contributed by atoms with E-state index in [9.17, 15) is 0 Å². The lowest BCUT2D eigenvalue weighted by molar-refractivity contribution is 0.343. The minimum Gasteiger partial charge on any atom is -0.492 e. The van der Waals surface area contributed by atoms with Crippen LogP contribution in [0.15, 0.2) is 18.2 Å². The molecule has 3 nitrogen and oxygen atoms in total. The van der Waals surface area contributed by atoms with Gasteiger partial charge in [-0.1, -0.05) is 19.9 Å². The summed E-state index contributed by atoms with van der Waals surface area (Å²) in [7, 11) is 0. The molecule has 4 heteroatoms. The summed E-state index contributed by atoms with van der Waals surface area (Å²) >= 11 is 5.43. The van der Waals surface area contributed by atoms with E-state index in [1.54, 1.807) is 0 Å². The number of H-pyrrole nitrogens is 1. The van der Waals surface area contributed by atoms with E-state index in [2.05, 4.69) is 29.5 Å². The predicted molar refractivity (Wildman–Crippen MR) is 82.4 cm³/mol. The van der Waals surface area contributed by atoms with Gasteiger partial charge in [0.1, 0.15) is 11.3 Å². The zero-order valence-electron chi connectivity index (χ0n) is 11.9. The van der Waals surface area contributed by atoms with E-state index < -0.39 is 0 Å². The highest BCUT2D eigenvalue weighted by atomic mass is 32.1. The number of hydrogen-bond acceptors (Lipinski definition) is 2. The molecule has 0 amide bonds. The summed E-state index contributed by atoms with van der Waals surface area (Å²) in [6, 6.07) is 6.10. The zero-order valence-corrected chi connectivity index (χ0v) is 12.7. The van der Waals surface area contributed by atoms with Gasteiger partial charge in [-0.2, -0.15) is 0 Å². The maximum Gasteiger partial charge on any atom is 0.178 e. The Morgan fingerprint density at radius 1 is 1.37 bits per heavy atom. The second kappa shape index (κ2) is 6.24. The van der Waals surface area contributed by atoms with Crippen molar-refractivity contribution >= 4 is 23.3 Å². The van der Waals surface area contributed by atoms with Gasteiger partial charge in [-0.3, -0.25) is 0 Å². The van der Waals surface area contributed by atoms with Crippen LogP contribution < -0.4 is 4.74 Å². The number of hydrogen-bond donors (Lipinski definition) is 1. The van der Waals surface area contributed by atoms with Crippen LogP contribution in [-0.4, -0.2) is 16.2 Å². The molecule has 104 valence electrons. The molecular weight excluding hydrogens is 256 g/mol. The van der Waals surface area contributed by atoms with Gasteiger partial charge < -0.3 is 14.3 Å². The van der Waals surface area contributed by atoms with Crippen molar-refractivity contribution in [2.75, 3.05) is 6.61 Å². The van der Waals surface area contributed by atoms with Crippen LogP contribution in [-0.2, 0) is 6.54 Å². The molecule has 0 saturated carbocycles. The van der Waals surface area contributed by atoms with Crippen LogP contribution in [0.3, 0.4) is 0 Å². The van der Waals surface area contributed by atoms with Crippen molar-refractivity contribution in [2.24, 2.45) is 5.92 Å². The maximum absolute atomic E-state index is 5.64. The van der Waals surface area contributed by atoms with Crippen molar-refractivity contribution in [1.29, 1.82) is 0 Å². The molecule has 0 aliphatic carbocycles. The first-order valence-electron chi connectivity index (χ1n) is 6.97. The van der Waals surface area contributed by atoms with E-state index in [1.165, 1.54) is 6.42 Å². The lowest BCUT2D eigenvalue weighted by atomic mass is 10.1. The minimum atomic E-state index is 0.665. The van der Waals surface area contributed by atoms with Gasteiger partial charge in [-0.25, -0.2) is 0 Å². The number of fused-ring (bicyclic) bond motifs is 1. The van der Waals surface area contributed by atoms with E-state index in [4.69, 9.17) is 17.0 Å². The second-order valence-corrected chi connectivity index (χ2v) is 5.59. The van der Waals surface area contributed by atoms with Crippen LogP contribution in [0.5, 0.6) is 5.75 Å². The average Bonchev–Trinajstić information content (AvgIpc) is 2.67. The molecule has 2 rings (SSSR count).